The van der Waals surface area contributed by atoms with E-state index in [0.717, 1.165) is 5.56 Å². The Morgan fingerprint density at radius 1 is 1.18 bits per heavy atom. The van der Waals surface area contributed by atoms with Crippen molar-refractivity contribution in [2.24, 2.45) is 0 Å². The van der Waals surface area contributed by atoms with Gasteiger partial charge in [0.15, 0.2) is 0 Å². The van der Waals surface area contributed by atoms with Gasteiger partial charge in [0.05, 0.1) is 5.69 Å². The Kier molecular flexibility index (Phi) is 2.26. The summed E-state index contributed by atoms with van der Waals surface area (Å²) in [5.41, 5.74) is 1.75. The molecular weight excluding hydrogens is 138 g/mol. The van der Waals surface area contributed by atoms with Gasteiger partial charge in [0, 0.05) is 7.05 Å². The van der Waals surface area contributed by atoms with Gasteiger partial charge in [-0.1, -0.05) is 17.7 Å². The molecule has 1 aromatic carbocycles. The highest BCUT2D eigenvalue weighted by atomic mass is 16.1. The molecule has 0 aliphatic rings. The van der Waals surface area contributed by atoms with Crippen molar-refractivity contribution in [3.8, 4) is 0 Å². The van der Waals surface area contributed by atoms with Crippen LogP contribution in [0.15, 0.2) is 29.1 Å². The molecule has 0 aliphatic heterocycles. The van der Waals surface area contributed by atoms with E-state index in [1.54, 1.807) is 19.2 Å². The predicted molar refractivity (Wildman–Crippen MR) is 47.0 cm³/mol. The molecular formula is C9H11NO. The summed E-state index contributed by atoms with van der Waals surface area (Å²) in [4.78, 5) is 11.1. The van der Waals surface area contributed by atoms with Gasteiger partial charge in [-0.15, -0.1) is 0 Å². The van der Waals surface area contributed by atoms with Gasteiger partial charge in [-0.2, -0.15) is 0 Å². The van der Waals surface area contributed by atoms with Crippen LogP contribution in [0, 0.1) is 6.92 Å². The predicted octanol–water partition coefficient (Wildman–Crippen LogP) is 1.40. The van der Waals surface area contributed by atoms with Gasteiger partial charge in [-0.3, -0.25) is 4.79 Å². The second-order valence-electron chi connectivity index (χ2n) is 2.44. The molecule has 0 aliphatic carbocycles. The highest BCUT2D eigenvalue weighted by Crippen LogP contribution is 1.98. The quantitative estimate of drug-likeness (QED) is 0.653. The lowest BCUT2D eigenvalue weighted by molar-refractivity contribution is 1.49. The van der Waals surface area contributed by atoms with Gasteiger partial charge in [-0.25, -0.2) is 0 Å². The maximum Gasteiger partial charge on any atom is 0.201 e. The smallest absolute Gasteiger partial charge is 0.201 e. The molecule has 0 aromatic heterocycles. The standard InChI is InChI=1S/C9H11NO/c1-7-3-5-8(10-2)9(11)6-4-7/h3-6H,1-2H3,(H,10,11). The number of hydrogen-bond acceptors (Lipinski definition) is 2. The minimum Gasteiger partial charge on any atom is -0.385 e. The molecule has 1 N–H and O–H groups in total. The molecule has 0 amide bonds. The van der Waals surface area contributed by atoms with Crippen molar-refractivity contribution >= 4 is 5.69 Å². The lowest BCUT2D eigenvalue weighted by Crippen LogP contribution is -2.02. The Morgan fingerprint density at radius 2 is 1.82 bits per heavy atom. The summed E-state index contributed by atoms with van der Waals surface area (Å²) in [5, 5.41) is 2.83. The number of aryl methyl sites for hydroxylation is 1. The lowest BCUT2D eigenvalue weighted by atomic mass is 10.3. The highest BCUT2D eigenvalue weighted by molar-refractivity contribution is 5.41. The molecule has 0 bridgehead atoms. The minimum atomic E-state index is 0.0283. The summed E-state index contributed by atoms with van der Waals surface area (Å²) in [7, 11) is 1.74. The molecule has 0 fully saturated rings. The number of anilines is 1. The van der Waals surface area contributed by atoms with E-state index in [4.69, 9.17) is 0 Å². The molecule has 1 aromatic rings. The van der Waals surface area contributed by atoms with E-state index in [1.807, 2.05) is 19.1 Å². The zero-order valence-corrected chi connectivity index (χ0v) is 6.72. The van der Waals surface area contributed by atoms with Gasteiger partial charge in [0.1, 0.15) is 0 Å². The summed E-state index contributed by atoms with van der Waals surface area (Å²) >= 11 is 0. The second-order valence-corrected chi connectivity index (χ2v) is 2.44. The van der Waals surface area contributed by atoms with Gasteiger partial charge in [-0.05, 0) is 19.1 Å². The van der Waals surface area contributed by atoms with Crippen molar-refractivity contribution < 1.29 is 0 Å². The van der Waals surface area contributed by atoms with Crippen LogP contribution in [0.2, 0.25) is 0 Å². The van der Waals surface area contributed by atoms with Crippen molar-refractivity contribution in [1.82, 2.24) is 0 Å². The molecule has 0 atom stereocenters. The lowest BCUT2D eigenvalue weighted by Gasteiger charge is -1.89. The first-order chi connectivity index (χ1) is 5.24. The largest absolute Gasteiger partial charge is 0.385 e. The Hall–Kier alpha value is -1.31. The van der Waals surface area contributed by atoms with Crippen LogP contribution < -0.4 is 10.7 Å². The van der Waals surface area contributed by atoms with E-state index in [2.05, 4.69) is 5.32 Å². The van der Waals surface area contributed by atoms with Crippen molar-refractivity contribution in [3.63, 3.8) is 0 Å². The molecule has 0 spiro atoms. The molecule has 0 radical (unpaired) electrons. The fraction of sp³-hybridized carbons (Fsp3) is 0.222. The molecule has 0 saturated carbocycles. The van der Waals surface area contributed by atoms with Crippen molar-refractivity contribution in [1.29, 1.82) is 0 Å². The summed E-state index contributed by atoms with van der Waals surface area (Å²) in [6.07, 6.45) is 0. The summed E-state index contributed by atoms with van der Waals surface area (Å²) in [5.74, 6) is 0. The maximum atomic E-state index is 11.1. The van der Waals surface area contributed by atoms with E-state index in [9.17, 15) is 4.79 Å². The van der Waals surface area contributed by atoms with Crippen molar-refractivity contribution in [3.05, 3.63) is 40.1 Å². The number of nitrogens with one attached hydrogen (secondary N) is 1. The van der Waals surface area contributed by atoms with Gasteiger partial charge >= 0.3 is 0 Å². The van der Waals surface area contributed by atoms with Crippen LogP contribution in [0.25, 0.3) is 0 Å². The Bertz CT molecular complexity index is 307. The molecule has 0 heterocycles. The highest BCUT2D eigenvalue weighted by Gasteiger charge is 1.90. The maximum absolute atomic E-state index is 11.1. The summed E-state index contributed by atoms with van der Waals surface area (Å²) in [6.45, 7) is 1.96. The average Bonchev–Trinajstić information content (AvgIpc) is 2.15. The third-order valence-electron chi connectivity index (χ3n) is 1.55. The van der Waals surface area contributed by atoms with Crippen LogP contribution in [0.1, 0.15) is 5.56 Å². The van der Waals surface area contributed by atoms with Gasteiger partial charge in [0.25, 0.3) is 0 Å². The fourth-order valence-electron chi connectivity index (χ4n) is 0.856. The van der Waals surface area contributed by atoms with E-state index in [-0.39, 0.29) is 5.43 Å². The summed E-state index contributed by atoms with van der Waals surface area (Å²) < 4.78 is 0. The van der Waals surface area contributed by atoms with Crippen LogP contribution >= 0.6 is 0 Å². The Balaban J connectivity index is 3.33. The molecule has 58 valence electrons. The monoisotopic (exact) mass is 149 g/mol. The molecule has 2 nitrogen and oxygen atoms in total. The van der Waals surface area contributed by atoms with Crippen LogP contribution in [0.3, 0.4) is 0 Å². The zero-order chi connectivity index (χ0) is 8.27. The average molecular weight is 149 g/mol. The van der Waals surface area contributed by atoms with E-state index < -0.39 is 0 Å². The molecule has 0 unspecified atom stereocenters. The summed E-state index contributed by atoms with van der Waals surface area (Å²) in [6, 6.07) is 7.08. The molecule has 11 heavy (non-hydrogen) atoms. The van der Waals surface area contributed by atoms with E-state index in [1.165, 1.54) is 0 Å². The van der Waals surface area contributed by atoms with Crippen LogP contribution in [0.4, 0.5) is 5.69 Å². The molecule has 1 rings (SSSR count). The molecule has 0 saturated heterocycles. The first-order valence-electron chi connectivity index (χ1n) is 3.53. The van der Waals surface area contributed by atoms with Gasteiger partial charge in [0.2, 0.25) is 5.43 Å². The van der Waals surface area contributed by atoms with Crippen molar-refractivity contribution in [2.75, 3.05) is 12.4 Å². The van der Waals surface area contributed by atoms with Gasteiger partial charge < -0.3 is 5.32 Å². The van der Waals surface area contributed by atoms with Crippen molar-refractivity contribution in [2.45, 2.75) is 6.92 Å². The third-order valence-corrected chi connectivity index (χ3v) is 1.55. The SMILES string of the molecule is CNc1ccc(C)ccc1=O. The minimum absolute atomic E-state index is 0.0283. The number of hydrogen-bond donors (Lipinski definition) is 1. The zero-order valence-electron chi connectivity index (χ0n) is 6.72. The number of rotatable bonds is 1. The first-order valence-corrected chi connectivity index (χ1v) is 3.53. The van der Waals surface area contributed by atoms with Crippen LogP contribution in [0.5, 0.6) is 0 Å². The Labute approximate surface area is 65.9 Å². The Morgan fingerprint density at radius 3 is 2.45 bits per heavy atom. The second kappa shape index (κ2) is 3.19. The topological polar surface area (TPSA) is 29.1 Å². The van der Waals surface area contributed by atoms with E-state index in [0.29, 0.717) is 5.69 Å². The van der Waals surface area contributed by atoms with E-state index >= 15 is 0 Å². The molecule has 2 heteroatoms. The van der Waals surface area contributed by atoms with Crippen LogP contribution in [-0.2, 0) is 0 Å². The fourth-order valence-corrected chi connectivity index (χ4v) is 0.856. The normalized spacial score (nSPS) is 9.27. The first kappa shape index (κ1) is 7.79. The van der Waals surface area contributed by atoms with Crippen LogP contribution in [-0.4, -0.2) is 7.05 Å². The third kappa shape index (κ3) is 1.80.